The highest BCUT2D eigenvalue weighted by atomic mass is 32.2. The van der Waals surface area contributed by atoms with Gasteiger partial charge in [-0.25, -0.2) is 0 Å². The number of hydrogen-bond acceptors (Lipinski definition) is 5. The van der Waals surface area contributed by atoms with E-state index in [2.05, 4.69) is 0 Å². The Kier molecular flexibility index (Phi) is 6.43. The Morgan fingerprint density at radius 2 is 1.62 bits per heavy atom. The maximum atomic E-state index is 12.2. The fourth-order valence-corrected chi connectivity index (χ4v) is 3.78. The van der Waals surface area contributed by atoms with E-state index in [4.69, 9.17) is 13.7 Å². The first kappa shape index (κ1) is 19.0. The van der Waals surface area contributed by atoms with Crippen LogP contribution in [0.2, 0.25) is 0 Å². The summed E-state index contributed by atoms with van der Waals surface area (Å²) in [5, 5.41) is 0. The van der Waals surface area contributed by atoms with Crippen LogP contribution in [0.3, 0.4) is 0 Å². The van der Waals surface area contributed by atoms with Crippen molar-refractivity contribution >= 4 is 10.1 Å². The minimum absolute atomic E-state index is 0.0191. The van der Waals surface area contributed by atoms with Gasteiger partial charge < -0.3 is 9.47 Å². The molecule has 140 valence electrons. The molecule has 2 aromatic carbocycles. The molecule has 6 heteroatoms. The van der Waals surface area contributed by atoms with E-state index in [1.54, 1.807) is 24.3 Å². The van der Waals surface area contributed by atoms with Crippen LogP contribution in [0.1, 0.15) is 24.0 Å². The Labute approximate surface area is 155 Å². The molecule has 0 radical (unpaired) electrons. The largest absolute Gasteiger partial charge is 0.374 e. The molecule has 0 amide bonds. The average Bonchev–Trinajstić information content (AvgIpc) is 3.09. The van der Waals surface area contributed by atoms with Crippen molar-refractivity contribution in [1.29, 1.82) is 0 Å². The normalized spacial score (nSPS) is 20.3. The maximum Gasteiger partial charge on any atom is 0.297 e. The van der Waals surface area contributed by atoms with Gasteiger partial charge in [0.2, 0.25) is 0 Å². The molecule has 1 saturated heterocycles. The van der Waals surface area contributed by atoms with Crippen molar-refractivity contribution in [2.45, 2.75) is 43.5 Å². The maximum absolute atomic E-state index is 12.2. The van der Waals surface area contributed by atoms with Gasteiger partial charge in [0.15, 0.2) is 0 Å². The third-order valence-electron chi connectivity index (χ3n) is 4.33. The van der Waals surface area contributed by atoms with Crippen LogP contribution in [0.15, 0.2) is 59.5 Å². The highest BCUT2D eigenvalue weighted by Crippen LogP contribution is 2.22. The molecule has 0 saturated carbocycles. The Bertz CT molecular complexity index is 787. The first-order chi connectivity index (χ1) is 12.5. The number of benzene rings is 2. The second kappa shape index (κ2) is 8.77. The van der Waals surface area contributed by atoms with Gasteiger partial charge in [0, 0.05) is 0 Å². The summed E-state index contributed by atoms with van der Waals surface area (Å²) in [4.78, 5) is 0.170. The van der Waals surface area contributed by atoms with E-state index >= 15 is 0 Å². The lowest BCUT2D eigenvalue weighted by Gasteiger charge is -2.14. The van der Waals surface area contributed by atoms with E-state index in [1.165, 1.54) is 0 Å². The highest BCUT2D eigenvalue weighted by molar-refractivity contribution is 7.86. The molecule has 0 N–H and O–H groups in total. The Hall–Kier alpha value is -1.73. The van der Waals surface area contributed by atoms with Gasteiger partial charge in [0.05, 0.1) is 36.9 Å². The summed E-state index contributed by atoms with van der Waals surface area (Å²) in [6.45, 7) is 2.98. The van der Waals surface area contributed by atoms with Crippen molar-refractivity contribution in [3.05, 3.63) is 65.7 Å². The molecular formula is C20H24O5S. The van der Waals surface area contributed by atoms with Crippen LogP contribution in [0.4, 0.5) is 0 Å². The first-order valence-corrected chi connectivity index (χ1v) is 10.2. The zero-order chi connectivity index (χ0) is 18.4. The van der Waals surface area contributed by atoms with E-state index in [0.717, 1.165) is 24.0 Å². The summed E-state index contributed by atoms with van der Waals surface area (Å²) in [6.07, 6.45) is 1.37. The summed E-state index contributed by atoms with van der Waals surface area (Å²) in [6, 6.07) is 16.6. The average molecular weight is 376 g/mol. The van der Waals surface area contributed by atoms with Crippen LogP contribution >= 0.6 is 0 Å². The van der Waals surface area contributed by atoms with Gasteiger partial charge in [-0.3, -0.25) is 4.18 Å². The van der Waals surface area contributed by atoms with Crippen molar-refractivity contribution in [2.24, 2.45) is 0 Å². The van der Waals surface area contributed by atoms with Crippen LogP contribution in [-0.2, 0) is 30.4 Å². The lowest BCUT2D eigenvalue weighted by atomic mass is 10.2. The first-order valence-electron chi connectivity index (χ1n) is 8.76. The fraction of sp³-hybridized carbons (Fsp3) is 0.400. The SMILES string of the molecule is Cc1ccc(S(=O)(=O)OCC2CC[C@H](COCc3ccccc3)O2)cc1. The molecule has 0 spiro atoms. The zero-order valence-electron chi connectivity index (χ0n) is 14.8. The number of aryl methyl sites for hydroxylation is 1. The monoisotopic (exact) mass is 376 g/mol. The summed E-state index contributed by atoms with van der Waals surface area (Å²) in [5.41, 5.74) is 2.12. The van der Waals surface area contributed by atoms with Gasteiger partial charge in [-0.2, -0.15) is 8.42 Å². The molecule has 3 rings (SSSR count). The second-order valence-electron chi connectivity index (χ2n) is 6.51. The molecule has 0 aromatic heterocycles. The van der Waals surface area contributed by atoms with Gasteiger partial charge in [-0.05, 0) is 37.5 Å². The fourth-order valence-electron chi connectivity index (χ4n) is 2.85. The summed E-state index contributed by atoms with van der Waals surface area (Å²) < 4.78 is 41.1. The van der Waals surface area contributed by atoms with Crippen LogP contribution in [0.25, 0.3) is 0 Å². The van der Waals surface area contributed by atoms with E-state index in [9.17, 15) is 8.42 Å². The van der Waals surface area contributed by atoms with Crippen LogP contribution in [-0.4, -0.2) is 33.8 Å². The van der Waals surface area contributed by atoms with Crippen molar-refractivity contribution in [1.82, 2.24) is 0 Å². The molecule has 26 heavy (non-hydrogen) atoms. The highest BCUT2D eigenvalue weighted by Gasteiger charge is 2.27. The van der Waals surface area contributed by atoms with Gasteiger partial charge in [-0.1, -0.05) is 48.0 Å². The number of hydrogen-bond donors (Lipinski definition) is 0. The van der Waals surface area contributed by atoms with E-state index in [0.29, 0.717) is 13.2 Å². The second-order valence-corrected chi connectivity index (χ2v) is 8.13. The van der Waals surface area contributed by atoms with Crippen molar-refractivity contribution in [3.8, 4) is 0 Å². The van der Waals surface area contributed by atoms with Gasteiger partial charge in [0.25, 0.3) is 10.1 Å². The molecule has 1 aliphatic rings. The molecule has 1 unspecified atom stereocenters. The molecule has 1 aliphatic heterocycles. The standard InChI is InChI=1S/C20H24O5S/c1-16-7-11-20(12-8-16)26(21,22)24-15-19-10-9-18(25-19)14-23-13-17-5-3-2-4-6-17/h2-8,11-12,18-19H,9-10,13-15H2,1H3/t18-,19?/m1/s1. The zero-order valence-corrected chi connectivity index (χ0v) is 15.7. The van der Waals surface area contributed by atoms with Gasteiger partial charge in [-0.15, -0.1) is 0 Å². The molecule has 0 aliphatic carbocycles. The van der Waals surface area contributed by atoms with E-state index < -0.39 is 10.1 Å². The smallest absolute Gasteiger partial charge is 0.297 e. The topological polar surface area (TPSA) is 61.8 Å². The molecule has 1 fully saturated rings. The predicted molar refractivity (Wildman–Crippen MR) is 98.3 cm³/mol. The quantitative estimate of drug-likeness (QED) is 0.660. The van der Waals surface area contributed by atoms with Crippen molar-refractivity contribution in [3.63, 3.8) is 0 Å². The van der Waals surface area contributed by atoms with E-state index in [1.807, 2.05) is 37.3 Å². The van der Waals surface area contributed by atoms with Gasteiger partial charge in [0.1, 0.15) is 0 Å². The minimum Gasteiger partial charge on any atom is -0.374 e. The lowest BCUT2D eigenvalue weighted by Crippen LogP contribution is -2.22. The lowest BCUT2D eigenvalue weighted by molar-refractivity contribution is -0.0312. The molecule has 5 nitrogen and oxygen atoms in total. The van der Waals surface area contributed by atoms with Crippen LogP contribution in [0.5, 0.6) is 0 Å². The molecule has 1 heterocycles. The Morgan fingerprint density at radius 1 is 0.962 bits per heavy atom. The third-order valence-corrected chi connectivity index (χ3v) is 5.63. The predicted octanol–water partition coefficient (Wildman–Crippen LogP) is 3.46. The molecule has 0 bridgehead atoms. The van der Waals surface area contributed by atoms with Crippen LogP contribution in [0, 0.1) is 6.92 Å². The third kappa shape index (κ3) is 5.38. The number of rotatable bonds is 8. The molecule has 2 atom stereocenters. The Morgan fingerprint density at radius 3 is 2.31 bits per heavy atom. The van der Waals surface area contributed by atoms with Gasteiger partial charge >= 0.3 is 0 Å². The molecular weight excluding hydrogens is 352 g/mol. The minimum atomic E-state index is -3.75. The number of ether oxygens (including phenoxy) is 2. The van der Waals surface area contributed by atoms with Crippen molar-refractivity contribution in [2.75, 3.05) is 13.2 Å². The van der Waals surface area contributed by atoms with Crippen molar-refractivity contribution < 1.29 is 22.1 Å². The van der Waals surface area contributed by atoms with E-state index in [-0.39, 0.29) is 23.7 Å². The summed E-state index contributed by atoms with van der Waals surface area (Å²) in [7, 11) is -3.75. The molecule has 2 aromatic rings. The summed E-state index contributed by atoms with van der Waals surface area (Å²) >= 11 is 0. The van der Waals surface area contributed by atoms with Crippen LogP contribution < -0.4 is 0 Å². The Balaban J connectivity index is 1.41. The summed E-state index contributed by atoms with van der Waals surface area (Å²) in [5.74, 6) is 0.